The van der Waals surface area contributed by atoms with Gasteiger partial charge in [-0.25, -0.2) is 4.39 Å². The number of Topliss-reactive ketones (excluding diaryl/α,β-unsaturated/α-hetero) is 1. The molecule has 34 heavy (non-hydrogen) atoms. The van der Waals surface area contributed by atoms with E-state index >= 15 is 0 Å². The van der Waals surface area contributed by atoms with E-state index in [1.54, 1.807) is 6.08 Å². The van der Waals surface area contributed by atoms with Gasteiger partial charge in [0.25, 0.3) is 5.91 Å². The summed E-state index contributed by atoms with van der Waals surface area (Å²) in [5, 5.41) is 5.71. The standard InChI is InChI=1S/C26H31FN4O3/c1-3-31(4-2)13-12-28-24(33)11-9-17-22(29-21-6-5-7-23(32)25(17)21)15-19-18-14-16(27)8-10-20(18)30-26(19)34/h8,10,14-15,29H,3-7,9,11-13H2,1-2H3,(H,28,33)(H,30,34). The van der Waals surface area contributed by atoms with Gasteiger partial charge < -0.3 is 20.5 Å². The number of rotatable bonds is 9. The SMILES string of the molecule is CCN(CC)CCNC(=O)CCc1c(C=C2C(=O)Nc3ccc(F)cc32)[nH]c2c1C(=O)CCC2. The molecule has 4 rings (SSSR count). The number of halogens is 1. The van der Waals surface area contributed by atoms with Crippen molar-refractivity contribution in [1.29, 1.82) is 0 Å². The van der Waals surface area contributed by atoms with Crippen LogP contribution in [0.2, 0.25) is 0 Å². The highest BCUT2D eigenvalue weighted by Gasteiger charge is 2.29. The van der Waals surface area contributed by atoms with Crippen LogP contribution in [0.3, 0.4) is 0 Å². The third-order valence-electron chi connectivity index (χ3n) is 6.62. The second-order valence-corrected chi connectivity index (χ2v) is 8.73. The van der Waals surface area contributed by atoms with E-state index in [4.69, 9.17) is 0 Å². The molecule has 7 nitrogen and oxygen atoms in total. The van der Waals surface area contributed by atoms with Crippen molar-refractivity contribution in [3.05, 3.63) is 52.1 Å². The van der Waals surface area contributed by atoms with E-state index in [1.165, 1.54) is 18.2 Å². The molecule has 0 saturated carbocycles. The van der Waals surface area contributed by atoms with Crippen molar-refractivity contribution in [2.45, 2.75) is 46.0 Å². The second kappa shape index (κ2) is 10.3. The van der Waals surface area contributed by atoms with Crippen LogP contribution in [0.1, 0.15) is 66.0 Å². The van der Waals surface area contributed by atoms with Crippen molar-refractivity contribution in [2.75, 3.05) is 31.5 Å². The van der Waals surface area contributed by atoms with Crippen molar-refractivity contribution < 1.29 is 18.8 Å². The molecule has 0 atom stereocenters. The fraction of sp³-hybridized carbons (Fsp3) is 0.423. The number of amides is 2. The van der Waals surface area contributed by atoms with Crippen LogP contribution in [0.5, 0.6) is 0 Å². The number of ketones is 1. The molecule has 0 unspecified atom stereocenters. The average Bonchev–Trinajstić information content (AvgIpc) is 3.33. The largest absolute Gasteiger partial charge is 0.358 e. The lowest BCUT2D eigenvalue weighted by Crippen LogP contribution is -2.34. The molecule has 8 heteroatoms. The summed E-state index contributed by atoms with van der Waals surface area (Å²) in [5.41, 5.74) is 4.26. The van der Waals surface area contributed by atoms with Crippen molar-refractivity contribution in [3.63, 3.8) is 0 Å². The zero-order chi connectivity index (χ0) is 24.2. The highest BCUT2D eigenvalue weighted by atomic mass is 19.1. The van der Waals surface area contributed by atoms with E-state index in [0.717, 1.165) is 43.7 Å². The van der Waals surface area contributed by atoms with Gasteiger partial charge in [0.1, 0.15) is 5.82 Å². The molecule has 0 spiro atoms. The third kappa shape index (κ3) is 4.97. The van der Waals surface area contributed by atoms with E-state index in [1.807, 2.05) is 0 Å². The Kier molecular flexibility index (Phi) is 7.26. The molecule has 2 heterocycles. The zero-order valence-corrected chi connectivity index (χ0v) is 19.7. The number of aryl methyl sites for hydroxylation is 1. The van der Waals surface area contributed by atoms with Crippen LogP contribution >= 0.6 is 0 Å². The Bertz CT molecular complexity index is 1150. The van der Waals surface area contributed by atoms with Gasteiger partial charge in [-0.05, 0) is 62.2 Å². The number of hydrogen-bond donors (Lipinski definition) is 3. The average molecular weight is 467 g/mol. The van der Waals surface area contributed by atoms with Crippen molar-refractivity contribution in [1.82, 2.24) is 15.2 Å². The summed E-state index contributed by atoms with van der Waals surface area (Å²) < 4.78 is 13.9. The van der Waals surface area contributed by atoms with E-state index in [0.29, 0.717) is 47.5 Å². The van der Waals surface area contributed by atoms with Gasteiger partial charge >= 0.3 is 0 Å². The summed E-state index contributed by atoms with van der Waals surface area (Å²) in [6.45, 7) is 7.41. The van der Waals surface area contributed by atoms with Gasteiger partial charge in [-0.3, -0.25) is 14.4 Å². The predicted molar refractivity (Wildman–Crippen MR) is 130 cm³/mol. The number of fused-ring (bicyclic) bond motifs is 2. The van der Waals surface area contributed by atoms with Gasteiger partial charge in [-0.15, -0.1) is 0 Å². The number of likely N-dealkylation sites (N-methyl/N-ethyl adjacent to an activating group) is 1. The summed E-state index contributed by atoms with van der Waals surface area (Å²) in [6, 6.07) is 4.17. The van der Waals surface area contributed by atoms with Gasteiger partial charge in [0.15, 0.2) is 5.78 Å². The number of aromatic nitrogens is 1. The molecule has 180 valence electrons. The minimum Gasteiger partial charge on any atom is -0.358 e. The molecule has 2 aromatic rings. The summed E-state index contributed by atoms with van der Waals surface area (Å²) in [5.74, 6) is -0.764. The lowest BCUT2D eigenvalue weighted by atomic mass is 9.91. The molecule has 1 aliphatic heterocycles. The summed E-state index contributed by atoms with van der Waals surface area (Å²) in [7, 11) is 0. The molecule has 1 aromatic heterocycles. The Balaban J connectivity index is 1.57. The molecule has 0 radical (unpaired) electrons. The quantitative estimate of drug-likeness (QED) is 0.493. The van der Waals surface area contributed by atoms with Gasteiger partial charge in [0, 0.05) is 54.1 Å². The number of anilines is 1. The number of carbonyl (C=O) groups excluding carboxylic acids is 3. The van der Waals surface area contributed by atoms with Crippen LogP contribution in [0.25, 0.3) is 11.6 Å². The zero-order valence-electron chi connectivity index (χ0n) is 19.7. The first kappa shape index (κ1) is 23.9. The summed E-state index contributed by atoms with van der Waals surface area (Å²) in [6.07, 6.45) is 4.28. The lowest BCUT2D eigenvalue weighted by molar-refractivity contribution is -0.121. The topological polar surface area (TPSA) is 94.3 Å². The Morgan fingerprint density at radius 2 is 2.00 bits per heavy atom. The van der Waals surface area contributed by atoms with Crippen LogP contribution in [0.4, 0.5) is 10.1 Å². The van der Waals surface area contributed by atoms with Crippen LogP contribution in [0, 0.1) is 5.82 Å². The molecule has 2 aliphatic rings. The molecule has 0 bridgehead atoms. The number of aromatic amines is 1. The van der Waals surface area contributed by atoms with Gasteiger partial charge in [0.2, 0.25) is 5.91 Å². The summed E-state index contributed by atoms with van der Waals surface area (Å²) >= 11 is 0. The highest BCUT2D eigenvalue weighted by Crippen LogP contribution is 2.36. The molecular formula is C26H31FN4O3. The number of carbonyl (C=O) groups is 3. The Hall–Kier alpha value is -3.26. The van der Waals surface area contributed by atoms with E-state index in [9.17, 15) is 18.8 Å². The highest BCUT2D eigenvalue weighted by molar-refractivity contribution is 6.35. The molecule has 3 N–H and O–H groups in total. The minimum absolute atomic E-state index is 0.0569. The molecule has 0 saturated heterocycles. The normalized spacial score (nSPS) is 16.1. The maximum Gasteiger partial charge on any atom is 0.256 e. The third-order valence-corrected chi connectivity index (χ3v) is 6.62. The second-order valence-electron chi connectivity index (χ2n) is 8.73. The van der Waals surface area contributed by atoms with Crippen LogP contribution in [-0.2, 0) is 22.4 Å². The lowest BCUT2D eigenvalue weighted by Gasteiger charge is -2.18. The van der Waals surface area contributed by atoms with E-state index in [2.05, 4.69) is 34.4 Å². The maximum absolute atomic E-state index is 13.9. The van der Waals surface area contributed by atoms with Crippen molar-refractivity contribution in [2.24, 2.45) is 0 Å². The maximum atomic E-state index is 13.9. The first-order valence-electron chi connectivity index (χ1n) is 12.0. The van der Waals surface area contributed by atoms with Gasteiger partial charge in [-0.2, -0.15) is 0 Å². The first-order valence-corrected chi connectivity index (χ1v) is 12.0. The van der Waals surface area contributed by atoms with Gasteiger partial charge in [-0.1, -0.05) is 13.8 Å². The van der Waals surface area contributed by atoms with E-state index < -0.39 is 5.82 Å². The molecule has 1 aromatic carbocycles. The first-order chi connectivity index (χ1) is 16.4. The summed E-state index contributed by atoms with van der Waals surface area (Å²) in [4.78, 5) is 43.4. The molecule has 1 aliphatic carbocycles. The molecule has 2 amide bonds. The monoisotopic (exact) mass is 466 g/mol. The van der Waals surface area contributed by atoms with Crippen LogP contribution < -0.4 is 10.6 Å². The Morgan fingerprint density at radius 3 is 2.76 bits per heavy atom. The number of H-pyrrole nitrogens is 1. The fourth-order valence-corrected chi connectivity index (χ4v) is 4.74. The number of benzene rings is 1. The van der Waals surface area contributed by atoms with Crippen LogP contribution in [-0.4, -0.2) is 53.7 Å². The Labute approximate surface area is 198 Å². The number of nitrogens with one attached hydrogen (secondary N) is 3. The van der Waals surface area contributed by atoms with Gasteiger partial charge in [0.05, 0.1) is 5.57 Å². The smallest absolute Gasteiger partial charge is 0.256 e. The number of hydrogen-bond acceptors (Lipinski definition) is 4. The number of nitrogens with zero attached hydrogens (tertiary/aromatic N) is 1. The van der Waals surface area contributed by atoms with Crippen molar-refractivity contribution >= 4 is 34.9 Å². The van der Waals surface area contributed by atoms with E-state index in [-0.39, 0.29) is 24.0 Å². The minimum atomic E-state index is -0.427. The van der Waals surface area contributed by atoms with Crippen molar-refractivity contribution in [3.8, 4) is 0 Å². The molecule has 0 fully saturated rings. The van der Waals surface area contributed by atoms with Crippen LogP contribution in [0.15, 0.2) is 18.2 Å². The Morgan fingerprint density at radius 1 is 1.21 bits per heavy atom. The fourth-order valence-electron chi connectivity index (χ4n) is 4.74. The predicted octanol–water partition coefficient (Wildman–Crippen LogP) is 3.56. The molecular weight excluding hydrogens is 435 g/mol.